The number of carboxylic acid groups (broad SMARTS) is 1. The molecule has 0 heterocycles. The summed E-state index contributed by atoms with van der Waals surface area (Å²) < 4.78 is 10.2. The van der Waals surface area contributed by atoms with Crippen molar-refractivity contribution in [3.05, 3.63) is 0 Å². The number of aliphatic carboxylic acids is 1. The van der Waals surface area contributed by atoms with E-state index in [1.54, 1.807) is 0 Å². The summed E-state index contributed by atoms with van der Waals surface area (Å²) >= 11 is 0. The molecule has 13 heavy (non-hydrogen) atoms. The first-order valence-corrected chi connectivity index (χ1v) is 4.93. The van der Waals surface area contributed by atoms with E-state index < -0.39 is 23.5 Å². The van der Waals surface area contributed by atoms with Gasteiger partial charge >= 0.3 is 7.60 Å². The lowest BCUT2D eigenvalue weighted by molar-refractivity contribution is -0.901. The topological polar surface area (TPSA) is 124 Å². The maximum atomic E-state index is 10.9. The molecule has 0 saturated heterocycles. The Balaban J connectivity index is 5.49. The summed E-state index contributed by atoms with van der Waals surface area (Å²) in [5.41, 5.74) is 5.14. The average Bonchev–Trinajstić information content (AvgIpc) is 1.80. The van der Waals surface area contributed by atoms with Crippen LogP contribution in [0.3, 0.4) is 0 Å². The zero-order valence-electron chi connectivity index (χ0n) is 7.59. The third-order valence-electron chi connectivity index (χ3n) is 1.77. The quantitative estimate of drug-likeness (QED) is 0.264. The first kappa shape index (κ1) is 12.5. The normalized spacial score (nSPS) is 18.0. The van der Waals surface area contributed by atoms with Gasteiger partial charge in [-0.15, -0.1) is 0 Å². The zero-order chi connectivity index (χ0) is 11.1. The molecule has 8 heteroatoms. The number of likely N-dealkylation sites (N-methyl/N-ethyl adjacent to an activating group) is 1. The predicted octanol–water partition coefficient (Wildman–Crippen LogP) is -2.77. The van der Waals surface area contributed by atoms with Crippen molar-refractivity contribution in [3.8, 4) is 0 Å². The molecule has 0 aliphatic carbocycles. The summed E-state index contributed by atoms with van der Waals surface area (Å²) in [6.45, 7) is 0. The van der Waals surface area contributed by atoms with Crippen LogP contribution in [0.1, 0.15) is 0 Å². The third-order valence-corrected chi connectivity index (χ3v) is 3.44. The number of hydrogen-bond acceptors (Lipinski definition) is 4. The first-order valence-electron chi connectivity index (χ1n) is 3.32. The molecule has 78 valence electrons. The Kier molecular flexibility index (Phi) is 2.93. The maximum Gasteiger partial charge on any atom is 0.407 e. The van der Waals surface area contributed by atoms with Crippen molar-refractivity contribution in [2.75, 3.05) is 21.1 Å². The summed E-state index contributed by atoms with van der Waals surface area (Å²) in [6, 6.07) is 0. The van der Waals surface area contributed by atoms with E-state index in [1.165, 1.54) is 21.1 Å². The molecule has 0 amide bonds. The molecule has 0 fully saturated rings. The molecule has 0 bridgehead atoms. The highest BCUT2D eigenvalue weighted by molar-refractivity contribution is 7.54. The molecule has 0 radical (unpaired) electrons. The largest absolute Gasteiger partial charge is 0.542 e. The maximum absolute atomic E-state index is 10.9. The lowest BCUT2D eigenvalue weighted by Gasteiger charge is -2.42. The highest BCUT2D eigenvalue weighted by Gasteiger charge is 2.56. The van der Waals surface area contributed by atoms with Crippen LogP contribution in [0.15, 0.2) is 0 Å². The smallest absolute Gasteiger partial charge is 0.407 e. The fourth-order valence-electron chi connectivity index (χ4n) is 0.784. The highest BCUT2D eigenvalue weighted by Crippen LogP contribution is 2.49. The lowest BCUT2D eigenvalue weighted by atomic mass is 10.4. The number of carboxylic acids is 1. The molecular formula is C5H13N2O5P. The molecule has 4 N–H and O–H groups in total. The number of nitrogens with two attached hydrogens (primary N) is 1. The van der Waals surface area contributed by atoms with Gasteiger partial charge in [-0.05, 0) is 0 Å². The van der Waals surface area contributed by atoms with E-state index in [9.17, 15) is 14.5 Å². The van der Waals surface area contributed by atoms with Crippen molar-refractivity contribution in [1.29, 1.82) is 0 Å². The molecule has 0 aliphatic rings. The summed E-state index contributed by atoms with van der Waals surface area (Å²) in [5.74, 6) is -1.98. The van der Waals surface area contributed by atoms with Gasteiger partial charge in [-0.3, -0.25) is 14.8 Å². The van der Waals surface area contributed by atoms with E-state index in [0.29, 0.717) is 0 Å². The van der Waals surface area contributed by atoms with Crippen molar-refractivity contribution in [2.45, 2.75) is 5.40 Å². The number of nitrogens with zero attached hydrogens (tertiary/aromatic N) is 1. The lowest BCUT2D eigenvalue weighted by Crippen LogP contribution is -2.71. The van der Waals surface area contributed by atoms with Crippen LogP contribution in [0, 0.1) is 0 Å². The number of rotatable bonds is 3. The van der Waals surface area contributed by atoms with Crippen LogP contribution < -0.4 is 10.8 Å². The number of carbonyl (C=O) groups excluding carboxylic acids is 1. The van der Waals surface area contributed by atoms with Gasteiger partial charge in [0, 0.05) is 0 Å². The molecule has 1 unspecified atom stereocenters. The molecule has 0 saturated carbocycles. The Bertz CT molecular complexity index is 267. The monoisotopic (exact) mass is 212 g/mol. The van der Waals surface area contributed by atoms with Gasteiger partial charge in [0.2, 0.25) is 0 Å². The minimum absolute atomic E-state index is 0.625. The van der Waals surface area contributed by atoms with Crippen molar-refractivity contribution < 1.29 is 28.7 Å². The molecular weight excluding hydrogens is 199 g/mol. The first-order chi connectivity index (χ1) is 5.44. The highest BCUT2D eigenvalue weighted by atomic mass is 31.2. The molecule has 0 rings (SSSR count). The molecule has 7 nitrogen and oxygen atoms in total. The summed E-state index contributed by atoms with van der Waals surface area (Å²) in [6.07, 6.45) is 0. The van der Waals surface area contributed by atoms with Gasteiger partial charge in [0.05, 0.1) is 21.1 Å². The number of carbonyl (C=O) groups is 1. The van der Waals surface area contributed by atoms with Crippen molar-refractivity contribution in [3.63, 3.8) is 0 Å². The summed E-state index contributed by atoms with van der Waals surface area (Å²) in [7, 11) is -1.20. The Morgan fingerprint density at radius 1 is 1.46 bits per heavy atom. The van der Waals surface area contributed by atoms with Gasteiger partial charge in [-0.2, -0.15) is 0 Å². The van der Waals surface area contributed by atoms with E-state index in [0.717, 1.165) is 0 Å². The van der Waals surface area contributed by atoms with Gasteiger partial charge < -0.3 is 19.7 Å². The molecule has 0 aromatic carbocycles. The second-order valence-corrected chi connectivity index (χ2v) is 5.34. The fourth-order valence-corrected chi connectivity index (χ4v) is 1.80. The van der Waals surface area contributed by atoms with E-state index in [4.69, 9.17) is 15.5 Å². The second-order valence-electron chi connectivity index (χ2n) is 3.57. The summed E-state index contributed by atoms with van der Waals surface area (Å²) in [4.78, 5) is 28.2. The van der Waals surface area contributed by atoms with Crippen LogP contribution in [0.5, 0.6) is 0 Å². The van der Waals surface area contributed by atoms with Crippen LogP contribution in [0.4, 0.5) is 0 Å². The van der Waals surface area contributed by atoms with Crippen LogP contribution >= 0.6 is 7.60 Å². The van der Waals surface area contributed by atoms with Crippen LogP contribution in [-0.4, -0.2) is 46.8 Å². The van der Waals surface area contributed by atoms with Gasteiger partial charge in [0.15, 0.2) is 0 Å². The standard InChI is InChI=1S/C5H13N2O5P/c1-7(2,3)5(6,4(8)9)13(10,11)12/h6H2,1-3H3,(H2-,8,9,10,11,12). The van der Waals surface area contributed by atoms with Crippen LogP contribution in [0.25, 0.3) is 0 Å². The Labute approximate surface area is 75.5 Å². The van der Waals surface area contributed by atoms with Crippen LogP contribution in [0.2, 0.25) is 0 Å². The van der Waals surface area contributed by atoms with Crippen LogP contribution in [-0.2, 0) is 9.36 Å². The van der Waals surface area contributed by atoms with Gasteiger partial charge in [0.1, 0.15) is 5.97 Å². The van der Waals surface area contributed by atoms with Crippen molar-refractivity contribution in [2.24, 2.45) is 5.73 Å². The molecule has 0 aromatic heterocycles. The molecule has 0 aliphatic heterocycles. The van der Waals surface area contributed by atoms with E-state index >= 15 is 0 Å². The molecule has 1 atom stereocenters. The van der Waals surface area contributed by atoms with E-state index in [-0.39, 0.29) is 0 Å². The van der Waals surface area contributed by atoms with Crippen molar-refractivity contribution >= 4 is 13.6 Å². The number of hydrogen-bond donors (Lipinski definition) is 3. The fraction of sp³-hybridized carbons (Fsp3) is 0.800. The van der Waals surface area contributed by atoms with E-state index in [2.05, 4.69) is 0 Å². The SMILES string of the molecule is C[N+](C)(C)C(N)(C(=O)[O-])P(=O)(O)O. The van der Waals surface area contributed by atoms with Gasteiger partial charge in [-0.25, -0.2) is 0 Å². The third kappa shape index (κ3) is 1.90. The molecule has 0 aromatic rings. The van der Waals surface area contributed by atoms with Crippen molar-refractivity contribution in [1.82, 2.24) is 0 Å². The van der Waals surface area contributed by atoms with Gasteiger partial charge in [-0.1, -0.05) is 0 Å². The average molecular weight is 212 g/mol. The summed E-state index contributed by atoms with van der Waals surface area (Å²) in [5, 5.41) is 7.86. The minimum Gasteiger partial charge on any atom is -0.542 e. The minimum atomic E-state index is -4.98. The van der Waals surface area contributed by atoms with E-state index in [1.807, 2.05) is 0 Å². The predicted molar refractivity (Wildman–Crippen MR) is 42.0 cm³/mol. The Morgan fingerprint density at radius 3 is 1.77 bits per heavy atom. The Hall–Kier alpha value is -0.460. The second kappa shape index (κ2) is 3.04. The van der Waals surface area contributed by atoms with Gasteiger partial charge in [0.25, 0.3) is 5.40 Å². The Morgan fingerprint density at radius 2 is 1.77 bits per heavy atom. The molecule has 0 spiro atoms. The number of quaternary nitrogens is 1. The zero-order valence-corrected chi connectivity index (χ0v) is 8.49.